The Morgan fingerprint density at radius 2 is 2.08 bits per heavy atom. The summed E-state index contributed by atoms with van der Waals surface area (Å²) in [6.07, 6.45) is 5.81. The molecule has 132 valence electrons. The van der Waals surface area contributed by atoms with Crippen molar-refractivity contribution >= 4 is 17.4 Å². The van der Waals surface area contributed by atoms with Crippen LogP contribution in [0.4, 0.5) is 11.5 Å². The molecule has 5 nitrogen and oxygen atoms in total. The van der Waals surface area contributed by atoms with Crippen LogP contribution in [0.3, 0.4) is 0 Å². The van der Waals surface area contributed by atoms with E-state index in [1.165, 1.54) is 18.3 Å². The molecule has 0 spiro atoms. The highest BCUT2D eigenvalue weighted by Gasteiger charge is 2.27. The van der Waals surface area contributed by atoms with Crippen LogP contribution in [0.15, 0.2) is 30.6 Å². The van der Waals surface area contributed by atoms with Crippen molar-refractivity contribution in [2.45, 2.75) is 52.5 Å². The van der Waals surface area contributed by atoms with Crippen molar-refractivity contribution in [2.75, 3.05) is 11.9 Å². The van der Waals surface area contributed by atoms with Gasteiger partial charge in [-0.3, -0.25) is 4.79 Å². The van der Waals surface area contributed by atoms with Gasteiger partial charge in [0.15, 0.2) is 0 Å². The van der Waals surface area contributed by atoms with Crippen LogP contribution in [0, 0.1) is 13.8 Å². The number of amides is 1. The Bertz CT molecular complexity index is 759. The van der Waals surface area contributed by atoms with Gasteiger partial charge in [0, 0.05) is 24.3 Å². The molecule has 0 radical (unpaired) electrons. The summed E-state index contributed by atoms with van der Waals surface area (Å²) in [6, 6.07) is 8.29. The molecule has 1 fully saturated rings. The summed E-state index contributed by atoms with van der Waals surface area (Å²) in [7, 11) is 0. The molecule has 3 rings (SSSR count). The second-order valence-electron chi connectivity index (χ2n) is 6.79. The van der Waals surface area contributed by atoms with Crippen molar-refractivity contribution in [3.05, 3.63) is 47.4 Å². The van der Waals surface area contributed by atoms with Crippen LogP contribution in [-0.4, -0.2) is 33.4 Å². The number of nitrogens with one attached hydrogen (secondary N) is 1. The van der Waals surface area contributed by atoms with Crippen molar-refractivity contribution in [3.63, 3.8) is 0 Å². The number of likely N-dealkylation sites (tertiary alicyclic amines) is 1. The third kappa shape index (κ3) is 3.98. The molecule has 1 aliphatic heterocycles. The maximum absolute atomic E-state index is 12.9. The number of aromatic nitrogens is 2. The molecule has 2 aromatic rings. The zero-order chi connectivity index (χ0) is 17.8. The van der Waals surface area contributed by atoms with Gasteiger partial charge >= 0.3 is 0 Å². The van der Waals surface area contributed by atoms with Crippen LogP contribution in [-0.2, 0) is 0 Å². The first-order valence-electron chi connectivity index (χ1n) is 9.05. The van der Waals surface area contributed by atoms with Gasteiger partial charge in [-0.15, -0.1) is 0 Å². The highest BCUT2D eigenvalue weighted by molar-refractivity contribution is 5.93. The number of rotatable bonds is 4. The average Bonchev–Trinajstić information content (AvgIpc) is 2.63. The molecular weight excluding hydrogens is 312 g/mol. The number of anilines is 2. The molecule has 0 aliphatic carbocycles. The highest BCUT2D eigenvalue weighted by Crippen LogP contribution is 2.23. The van der Waals surface area contributed by atoms with Crippen LogP contribution in [0.2, 0.25) is 0 Å². The molecule has 1 aliphatic rings. The topological polar surface area (TPSA) is 58.1 Å². The zero-order valence-corrected chi connectivity index (χ0v) is 15.2. The summed E-state index contributed by atoms with van der Waals surface area (Å²) in [5.41, 5.74) is 3.82. The summed E-state index contributed by atoms with van der Waals surface area (Å²) in [5, 5.41) is 3.30. The van der Waals surface area contributed by atoms with Gasteiger partial charge in [0.2, 0.25) is 0 Å². The molecule has 1 N–H and O–H groups in total. The van der Waals surface area contributed by atoms with Crippen molar-refractivity contribution in [2.24, 2.45) is 0 Å². The van der Waals surface area contributed by atoms with E-state index in [4.69, 9.17) is 0 Å². The number of aryl methyl sites for hydroxylation is 2. The quantitative estimate of drug-likeness (QED) is 0.906. The molecule has 1 atom stereocenters. The minimum atomic E-state index is 0.0117. The molecule has 1 saturated heterocycles. The summed E-state index contributed by atoms with van der Waals surface area (Å²) < 4.78 is 0. The fourth-order valence-corrected chi connectivity index (χ4v) is 3.47. The number of hydrogen-bond acceptors (Lipinski definition) is 4. The molecule has 5 heteroatoms. The van der Waals surface area contributed by atoms with Crippen molar-refractivity contribution in [1.29, 1.82) is 0 Å². The first-order chi connectivity index (χ1) is 12.1. The van der Waals surface area contributed by atoms with E-state index < -0.39 is 0 Å². The van der Waals surface area contributed by atoms with E-state index in [9.17, 15) is 4.79 Å². The number of nitrogens with zero attached hydrogens (tertiary/aromatic N) is 3. The first kappa shape index (κ1) is 17.4. The highest BCUT2D eigenvalue weighted by atomic mass is 16.2. The molecule has 1 aromatic carbocycles. The van der Waals surface area contributed by atoms with E-state index in [2.05, 4.69) is 48.2 Å². The Labute approximate surface area is 149 Å². The lowest BCUT2D eigenvalue weighted by Crippen LogP contribution is -2.43. The number of carbonyl (C=O) groups is 1. The van der Waals surface area contributed by atoms with Crippen molar-refractivity contribution < 1.29 is 4.79 Å². The number of carbonyl (C=O) groups excluding carboxylic acids is 1. The standard InChI is InChI=1S/C20H26N4O/c1-4-16-7-5-6-10-24(16)20(25)18-12-19(22-13-21-18)23-17-9-8-14(2)11-15(17)3/h8-9,11-13,16H,4-7,10H2,1-3H3,(H,21,22,23). The number of piperidine rings is 1. The summed E-state index contributed by atoms with van der Waals surface area (Å²) in [6.45, 7) is 7.09. The number of benzene rings is 1. The van der Waals surface area contributed by atoms with Crippen LogP contribution < -0.4 is 5.32 Å². The Morgan fingerprint density at radius 3 is 2.84 bits per heavy atom. The Kier molecular flexibility index (Phi) is 5.31. The van der Waals surface area contributed by atoms with Gasteiger partial charge in [-0.1, -0.05) is 24.6 Å². The van der Waals surface area contributed by atoms with E-state index in [-0.39, 0.29) is 5.91 Å². The second-order valence-corrected chi connectivity index (χ2v) is 6.79. The average molecular weight is 338 g/mol. The number of hydrogen-bond donors (Lipinski definition) is 1. The summed E-state index contributed by atoms with van der Waals surface area (Å²) in [5.74, 6) is 0.660. The molecule has 25 heavy (non-hydrogen) atoms. The lowest BCUT2D eigenvalue weighted by molar-refractivity contribution is 0.0602. The maximum atomic E-state index is 12.9. The zero-order valence-electron chi connectivity index (χ0n) is 15.2. The molecule has 1 unspecified atom stereocenters. The third-order valence-corrected chi connectivity index (χ3v) is 4.89. The van der Waals surface area contributed by atoms with E-state index in [1.807, 2.05) is 11.0 Å². The van der Waals surface area contributed by atoms with Crippen LogP contribution in [0.1, 0.15) is 54.2 Å². The molecule has 1 aromatic heterocycles. The van der Waals surface area contributed by atoms with Crippen LogP contribution >= 0.6 is 0 Å². The molecule has 0 bridgehead atoms. The normalized spacial score (nSPS) is 17.4. The molecule has 1 amide bonds. The Hall–Kier alpha value is -2.43. The largest absolute Gasteiger partial charge is 0.340 e. The fourth-order valence-electron chi connectivity index (χ4n) is 3.47. The SMILES string of the molecule is CCC1CCCCN1C(=O)c1cc(Nc2ccc(C)cc2C)ncn1. The van der Waals surface area contributed by atoms with Gasteiger partial charge in [-0.25, -0.2) is 9.97 Å². The lowest BCUT2D eigenvalue weighted by Gasteiger charge is -2.35. The fraction of sp³-hybridized carbons (Fsp3) is 0.450. The van der Waals surface area contributed by atoms with E-state index in [0.29, 0.717) is 17.6 Å². The molecule has 0 saturated carbocycles. The second kappa shape index (κ2) is 7.64. The van der Waals surface area contributed by atoms with Gasteiger partial charge < -0.3 is 10.2 Å². The van der Waals surface area contributed by atoms with Gasteiger partial charge in [-0.2, -0.15) is 0 Å². The molecule has 2 heterocycles. The minimum Gasteiger partial charge on any atom is -0.340 e. The minimum absolute atomic E-state index is 0.0117. The van der Waals surface area contributed by atoms with Crippen molar-refractivity contribution in [1.82, 2.24) is 14.9 Å². The summed E-state index contributed by atoms with van der Waals surface area (Å²) in [4.78, 5) is 23.4. The Balaban J connectivity index is 1.80. The van der Waals surface area contributed by atoms with E-state index in [0.717, 1.165) is 37.1 Å². The predicted molar refractivity (Wildman–Crippen MR) is 100 cm³/mol. The van der Waals surface area contributed by atoms with Gasteiger partial charge in [0.05, 0.1) is 0 Å². The van der Waals surface area contributed by atoms with Crippen LogP contribution in [0.5, 0.6) is 0 Å². The van der Waals surface area contributed by atoms with Gasteiger partial charge in [-0.05, 0) is 51.2 Å². The maximum Gasteiger partial charge on any atom is 0.272 e. The Morgan fingerprint density at radius 1 is 1.24 bits per heavy atom. The van der Waals surface area contributed by atoms with Gasteiger partial charge in [0.25, 0.3) is 5.91 Å². The van der Waals surface area contributed by atoms with Crippen LogP contribution in [0.25, 0.3) is 0 Å². The molecular formula is C20H26N4O. The van der Waals surface area contributed by atoms with Crippen molar-refractivity contribution in [3.8, 4) is 0 Å². The third-order valence-electron chi connectivity index (χ3n) is 4.89. The smallest absolute Gasteiger partial charge is 0.272 e. The van der Waals surface area contributed by atoms with Gasteiger partial charge in [0.1, 0.15) is 17.8 Å². The monoisotopic (exact) mass is 338 g/mol. The first-order valence-corrected chi connectivity index (χ1v) is 9.05. The lowest BCUT2D eigenvalue weighted by atomic mass is 9.99. The predicted octanol–water partition coefficient (Wildman–Crippen LogP) is 4.24. The van der Waals surface area contributed by atoms with E-state index >= 15 is 0 Å². The summed E-state index contributed by atoms with van der Waals surface area (Å²) >= 11 is 0. The van der Waals surface area contributed by atoms with E-state index in [1.54, 1.807) is 6.07 Å².